The largest absolute Gasteiger partial charge is 0.382 e. The zero-order valence-corrected chi connectivity index (χ0v) is 16.0. The van der Waals surface area contributed by atoms with E-state index in [9.17, 15) is 14.4 Å². The van der Waals surface area contributed by atoms with Gasteiger partial charge < -0.3 is 24.8 Å². The molecule has 0 bridgehead atoms. The van der Waals surface area contributed by atoms with E-state index in [2.05, 4.69) is 10.6 Å². The van der Waals surface area contributed by atoms with Crippen molar-refractivity contribution in [3.8, 4) is 0 Å². The highest BCUT2D eigenvalue weighted by Crippen LogP contribution is 1.86. The van der Waals surface area contributed by atoms with Gasteiger partial charge in [-0.15, -0.1) is 0 Å². The van der Waals surface area contributed by atoms with Crippen molar-refractivity contribution in [2.75, 3.05) is 53.2 Å². The second-order valence-electron chi connectivity index (χ2n) is 4.75. The van der Waals surface area contributed by atoms with Crippen molar-refractivity contribution in [1.29, 1.82) is 0 Å². The van der Waals surface area contributed by atoms with Crippen molar-refractivity contribution in [2.24, 2.45) is 0 Å². The zero-order valence-electron chi connectivity index (χ0n) is 16.0. The average Bonchev–Trinajstić information content (AvgIpc) is 2.62. The van der Waals surface area contributed by atoms with Gasteiger partial charge in [0, 0.05) is 39.5 Å². The third-order valence-electron chi connectivity index (χ3n) is 2.81. The minimum atomic E-state index is -0.174. The summed E-state index contributed by atoms with van der Waals surface area (Å²) in [7, 11) is 1.58. The van der Waals surface area contributed by atoms with Gasteiger partial charge in [0.25, 0.3) is 0 Å². The van der Waals surface area contributed by atoms with E-state index >= 15 is 0 Å². The Morgan fingerprint density at radius 3 is 2.08 bits per heavy atom. The number of nitrogens with one attached hydrogen (secondary N) is 2. The van der Waals surface area contributed by atoms with Gasteiger partial charge in [-0.25, -0.2) is 0 Å². The predicted molar refractivity (Wildman–Crippen MR) is 95.4 cm³/mol. The highest BCUT2D eigenvalue weighted by molar-refractivity contribution is 5.79. The Morgan fingerprint density at radius 2 is 1.44 bits per heavy atom. The molecule has 8 nitrogen and oxygen atoms in total. The second-order valence-corrected chi connectivity index (χ2v) is 4.75. The second kappa shape index (κ2) is 20.5. The van der Waals surface area contributed by atoms with E-state index in [0.29, 0.717) is 39.4 Å². The van der Waals surface area contributed by atoms with Gasteiger partial charge >= 0.3 is 0 Å². The fraction of sp³-hybridized carbons (Fsp3) is 0.824. The lowest BCUT2D eigenvalue weighted by atomic mass is 10.3. The fourth-order valence-corrected chi connectivity index (χ4v) is 1.45. The molecule has 0 aromatic rings. The monoisotopic (exact) mass is 362 g/mol. The number of hydrogen-bond acceptors (Lipinski definition) is 6. The van der Waals surface area contributed by atoms with Gasteiger partial charge in [-0.1, -0.05) is 20.8 Å². The number of ketones is 1. The van der Waals surface area contributed by atoms with Crippen LogP contribution in [-0.4, -0.2) is 70.8 Å². The molecular weight excluding hydrogens is 328 g/mol. The maximum absolute atomic E-state index is 11.5. The van der Waals surface area contributed by atoms with E-state index < -0.39 is 0 Å². The van der Waals surface area contributed by atoms with Gasteiger partial charge in [-0.3, -0.25) is 14.4 Å². The van der Waals surface area contributed by atoms with Gasteiger partial charge in [-0.05, 0) is 0 Å². The molecule has 0 fully saturated rings. The Morgan fingerprint density at radius 1 is 0.800 bits per heavy atom. The fourth-order valence-electron chi connectivity index (χ4n) is 1.45. The predicted octanol–water partition coefficient (Wildman–Crippen LogP) is 0.684. The summed E-state index contributed by atoms with van der Waals surface area (Å²) in [6.45, 7) is 8.05. The van der Waals surface area contributed by atoms with Gasteiger partial charge in [-0.2, -0.15) is 0 Å². The molecule has 0 aromatic carbocycles. The summed E-state index contributed by atoms with van der Waals surface area (Å²) in [6, 6.07) is 0. The molecule has 0 aliphatic heterocycles. The van der Waals surface area contributed by atoms with Gasteiger partial charge in [0.1, 0.15) is 6.61 Å². The molecule has 8 heteroatoms. The summed E-state index contributed by atoms with van der Waals surface area (Å²) in [6.07, 6.45) is 0.901. The van der Waals surface area contributed by atoms with Crippen molar-refractivity contribution >= 4 is 17.6 Å². The van der Waals surface area contributed by atoms with Crippen LogP contribution in [0, 0.1) is 0 Å². The number of ether oxygens (including phenoxy) is 3. The van der Waals surface area contributed by atoms with E-state index in [-0.39, 0.29) is 43.6 Å². The lowest BCUT2D eigenvalue weighted by Crippen LogP contribution is -2.32. The molecule has 25 heavy (non-hydrogen) atoms. The molecule has 2 amide bonds. The molecule has 0 heterocycles. The Kier molecular flexibility index (Phi) is 21.1. The maximum atomic E-state index is 11.5. The molecule has 0 atom stereocenters. The number of hydrogen-bond donors (Lipinski definition) is 2. The van der Waals surface area contributed by atoms with Crippen LogP contribution in [0.15, 0.2) is 0 Å². The van der Waals surface area contributed by atoms with Crippen LogP contribution in [0.4, 0.5) is 0 Å². The van der Waals surface area contributed by atoms with Crippen molar-refractivity contribution in [1.82, 2.24) is 10.6 Å². The van der Waals surface area contributed by atoms with Crippen molar-refractivity contribution in [2.45, 2.75) is 40.0 Å². The van der Waals surface area contributed by atoms with E-state index in [4.69, 9.17) is 14.2 Å². The summed E-state index contributed by atoms with van der Waals surface area (Å²) in [5.41, 5.74) is 0. The highest BCUT2D eigenvalue weighted by Gasteiger charge is 2.04. The first-order valence-electron chi connectivity index (χ1n) is 8.79. The quantitative estimate of drug-likeness (QED) is 0.415. The minimum Gasteiger partial charge on any atom is -0.382 e. The average molecular weight is 362 g/mol. The Balaban J connectivity index is 0. The molecule has 0 saturated heterocycles. The lowest BCUT2D eigenvalue weighted by Gasteiger charge is -2.07. The van der Waals surface area contributed by atoms with Gasteiger partial charge in [0.05, 0.1) is 26.4 Å². The number of carbonyl (C=O) groups excluding carboxylic acids is 3. The molecule has 0 aromatic heterocycles. The topological polar surface area (TPSA) is 103 Å². The van der Waals surface area contributed by atoms with Crippen molar-refractivity contribution in [3.63, 3.8) is 0 Å². The Bertz CT molecular complexity index is 350. The van der Waals surface area contributed by atoms with Crippen LogP contribution in [-0.2, 0) is 28.6 Å². The van der Waals surface area contributed by atoms with E-state index in [1.807, 2.05) is 13.8 Å². The first-order valence-corrected chi connectivity index (χ1v) is 8.79. The van der Waals surface area contributed by atoms with Gasteiger partial charge in [0.15, 0.2) is 5.78 Å². The van der Waals surface area contributed by atoms with Crippen LogP contribution in [0.5, 0.6) is 0 Å². The first-order chi connectivity index (χ1) is 12.1. The number of carbonyl (C=O) groups is 3. The maximum Gasteiger partial charge on any atom is 0.222 e. The molecule has 0 radical (unpaired) electrons. The summed E-state index contributed by atoms with van der Waals surface area (Å²) < 4.78 is 15.1. The Hall–Kier alpha value is -1.51. The molecule has 0 saturated carbocycles. The third-order valence-corrected chi connectivity index (χ3v) is 2.81. The SMILES string of the molecule is CC.CCC(=O)COCCNC(=O)CCNC(=O)CCOCCOC. The third kappa shape index (κ3) is 20.4. The van der Waals surface area contributed by atoms with Gasteiger partial charge in [0.2, 0.25) is 11.8 Å². The van der Waals surface area contributed by atoms with Crippen molar-refractivity contribution < 1.29 is 28.6 Å². The zero-order chi connectivity index (χ0) is 19.3. The molecule has 0 spiro atoms. The molecular formula is C17H34N2O6. The first kappa shape index (κ1) is 25.7. The smallest absolute Gasteiger partial charge is 0.222 e. The van der Waals surface area contributed by atoms with E-state index in [0.717, 1.165) is 0 Å². The lowest BCUT2D eigenvalue weighted by molar-refractivity contribution is -0.123. The molecule has 0 aliphatic rings. The van der Waals surface area contributed by atoms with Crippen LogP contribution in [0.3, 0.4) is 0 Å². The standard InChI is InChI=1S/C15H28N2O6.C2H6/c1-3-13(18)12-23-9-7-17-14(19)4-6-16-15(20)5-8-22-11-10-21-2;1-2/h3-12H2,1-2H3,(H,16,20)(H,17,19);1-2H3. The van der Waals surface area contributed by atoms with Crippen LogP contribution in [0.25, 0.3) is 0 Å². The summed E-state index contributed by atoms with van der Waals surface area (Å²) in [5, 5.41) is 5.29. The summed E-state index contributed by atoms with van der Waals surface area (Å²) in [4.78, 5) is 33.9. The van der Waals surface area contributed by atoms with E-state index in [1.165, 1.54) is 0 Å². The highest BCUT2D eigenvalue weighted by atomic mass is 16.5. The van der Waals surface area contributed by atoms with E-state index in [1.54, 1.807) is 14.0 Å². The summed E-state index contributed by atoms with van der Waals surface area (Å²) >= 11 is 0. The molecule has 0 aliphatic carbocycles. The van der Waals surface area contributed by atoms with Crippen LogP contribution >= 0.6 is 0 Å². The minimum absolute atomic E-state index is 0.0326. The molecule has 0 rings (SSSR count). The van der Waals surface area contributed by atoms with Crippen LogP contribution in [0.1, 0.15) is 40.0 Å². The number of rotatable bonds is 15. The number of amides is 2. The van der Waals surface area contributed by atoms with Crippen LogP contribution < -0.4 is 10.6 Å². The number of Topliss-reactive ketones (excluding diaryl/α,β-unsaturated/α-hetero) is 1. The van der Waals surface area contributed by atoms with Crippen molar-refractivity contribution in [3.05, 3.63) is 0 Å². The molecule has 2 N–H and O–H groups in total. The number of methoxy groups -OCH3 is 1. The summed E-state index contributed by atoms with van der Waals surface area (Å²) in [5.74, 6) is -0.297. The molecule has 148 valence electrons. The van der Waals surface area contributed by atoms with Crippen LogP contribution in [0.2, 0.25) is 0 Å². The Labute approximate surface area is 151 Å². The molecule has 0 unspecified atom stereocenters. The normalized spacial score (nSPS) is 9.76.